The number of primary amides is 1. The first-order chi connectivity index (χ1) is 19.0. The number of hydrogen-bond acceptors (Lipinski definition) is 10. The van der Waals surface area contributed by atoms with Gasteiger partial charge in [-0.15, -0.1) is 0 Å². The Morgan fingerprint density at radius 3 is 2.32 bits per heavy atom. The number of alkyl halides is 2. The molecule has 3 aliphatic carbocycles. The third-order valence-corrected chi connectivity index (χ3v) is 9.19. The molecule has 5 rings (SSSR count). The standard InChI is InChI=1S/C28H33F2N3O8/c1-11-13-5-4-12(10-33-8-6-27(29,30)7-9-33)20(34)15(13)21(35)16-14(11)22(36)18-19(32(2)3)23(37)17(26(31)40)25(39)28(18,41)24(16)38/h4-5,11,14,18-19,22,34-36,39,41H,6-10H2,1-3H3,(H2,31,40)/t11-,14+,18+,19-,22-,28-/m0/s1. The summed E-state index contributed by atoms with van der Waals surface area (Å²) in [6.45, 7) is 1.92. The van der Waals surface area contributed by atoms with Crippen LogP contribution in [0.25, 0.3) is 5.76 Å². The molecule has 1 amide bonds. The molecule has 1 aromatic carbocycles. The van der Waals surface area contributed by atoms with Crippen LogP contribution in [0.1, 0.15) is 42.4 Å². The van der Waals surface area contributed by atoms with Crippen LogP contribution in [0.5, 0.6) is 5.75 Å². The lowest BCUT2D eigenvalue weighted by molar-refractivity contribution is -0.169. The zero-order valence-corrected chi connectivity index (χ0v) is 22.8. The number of halogens is 2. The third-order valence-electron chi connectivity index (χ3n) is 9.19. The highest BCUT2D eigenvalue weighted by Crippen LogP contribution is 2.56. The maximum Gasteiger partial charge on any atom is 0.255 e. The average molecular weight is 578 g/mol. The van der Waals surface area contributed by atoms with Crippen LogP contribution in [0.3, 0.4) is 0 Å². The number of aliphatic hydroxyl groups excluding tert-OH is 3. The second-order valence-electron chi connectivity index (χ2n) is 11.7. The van der Waals surface area contributed by atoms with Crippen molar-refractivity contribution in [3.8, 4) is 5.75 Å². The van der Waals surface area contributed by atoms with Gasteiger partial charge in [0.15, 0.2) is 11.4 Å². The van der Waals surface area contributed by atoms with Crippen molar-refractivity contribution in [2.24, 2.45) is 17.6 Å². The Hall–Kier alpha value is -3.39. The first-order valence-corrected chi connectivity index (χ1v) is 13.3. The van der Waals surface area contributed by atoms with Crippen LogP contribution in [0.2, 0.25) is 0 Å². The van der Waals surface area contributed by atoms with E-state index in [4.69, 9.17) is 5.73 Å². The molecule has 1 saturated heterocycles. The molecule has 1 aromatic rings. The van der Waals surface area contributed by atoms with Crippen LogP contribution in [-0.2, 0) is 20.9 Å². The van der Waals surface area contributed by atoms with Gasteiger partial charge in [0.05, 0.1) is 23.6 Å². The topological polar surface area (TPSA) is 185 Å². The Kier molecular flexibility index (Phi) is 6.80. The molecule has 1 saturated carbocycles. The number of likely N-dealkylation sites (tertiary alicyclic amines) is 1. The molecule has 6 atom stereocenters. The van der Waals surface area contributed by atoms with Gasteiger partial charge in [-0.2, -0.15) is 0 Å². The summed E-state index contributed by atoms with van der Waals surface area (Å²) < 4.78 is 27.2. The lowest BCUT2D eigenvalue weighted by Gasteiger charge is -2.53. The minimum Gasteiger partial charge on any atom is -0.508 e. The summed E-state index contributed by atoms with van der Waals surface area (Å²) in [7, 11) is 2.87. The predicted octanol–water partition coefficient (Wildman–Crippen LogP) is 0.727. The Morgan fingerprint density at radius 1 is 1.15 bits per heavy atom. The number of nitrogens with two attached hydrogens (primary N) is 1. The lowest BCUT2D eigenvalue weighted by Crippen LogP contribution is -2.70. The number of aromatic hydroxyl groups is 1. The molecule has 41 heavy (non-hydrogen) atoms. The normalized spacial score (nSPS) is 33.5. The number of Topliss-reactive ketones (excluding diaryl/α,β-unsaturated/α-hetero) is 2. The van der Waals surface area contributed by atoms with E-state index in [1.807, 2.05) is 0 Å². The van der Waals surface area contributed by atoms with Gasteiger partial charge < -0.3 is 31.3 Å². The molecule has 0 radical (unpaired) electrons. The van der Waals surface area contributed by atoms with E-state index >= 15 is 0 Å². The molecule has 0 spiro atoms. The van der Waals surface area contributed by atoms with Crippen molar-refractivity contribution >= 4 is 23.2 Å². The van der Waals surface area contributed by atoms with E-state index in [0.717, 1.165) is 0 Å². The molecule has 0 aromatic heterocycles. The minimum absolute atomic E-state index is 0.0910. The average Bonchev–Trinajstić information content (AvgIpc) is 2.88. The second kappa shape index (κ2) is 9.58. The first kappa shape index (κ1) is 29.1. The highest BCUT2D eigenvalue weighted by atomic mass is 19.3. The van der Waals surface area contributed by atoms with Crippen molar-refractivity contribution in [2.75, 3.05) is 27.2 Å². The number of aliphatic hydroxyl groups is 4. The van der Waals surface area contributed by atoms with Crippen LogP contribution in [0.15, 0.2) is 29.0 Å². The molecule has 11 nitrogen and oxygen atoms in total. The zero-order valence-electron chi connectivity index (χ0n) is 22.8. The molecular formula is C28H33F2N3O8. The Bertz CT molecular complexity index is 1410. The molecule has 0 unspecified atom stereocenters. The number of piperidine rings is 1. The molecule has 1 aliphatic heterocycles. The van der Waals surface area contributed by atoms with Gasteiger partial charge in [-0.05, 0) is 25.6 Å². The number of amides is 1. The number of carbonyl (C=O) groups excluding carboxylic acids is 3. The highest BCUT2D eigenvalue weighted by molar-refractivity contribution is 6.24. The second-order valence-corrected chi connectivity index (χ2v) is 11.7. The van der Waals surface area contributed by atoms with Gasteiger partial charge in [0, 0.05) is 49.5 Å². The maximum absolute atomic E-state index is 14.0. The number of rotatable bonds is 4. The maximum atomic E-state index is 14.0. The van der Waals surface area contributed by atoms with Crippen molar-refractivity contribution < 1.29 is 48.7 Å². The van der Waals surface area contributed by atoms with Gasteiger partial charge >= 0.3 is 0 Å². The summed E-state index contributed by atoms with van der Waals surface area (Å²) in [4.78, 5) is 42.4. The number of benzene rings is 1. The third kappa shape index (κ3) is 4.09. The number of fused-ring (bicyclic) bond motifs is 3. The summed E-state index contributed by atoms with van der Waals surface area (Å²) in [5.41, 5.74) is 1.43. The molecule has 0 bridgehead atoms. The van der Waals surface area contributed by atoms with E-state index in [2.05, 4.69) is 0 Å². The summed E-state index contributed by atoms with van der Waals surface area (Å²) in [6.07, 6.45) is -2.35. The van der Waals surface area contributed by atoms with Gasteiger partial charge in [-0.3, -0.25) is 24.2 Å². The van der Waals surface area contributed by atoms with Crippen molar-refractivity contribution in [3.63, 3.8) is 0 Å². The number of carbonyl (C=O) groups is 3. The van der Waals surface area contributed by atoms with Crippen molar-refractivity contribution in [3.05, 3.63) is 45.7 Å². The highest BCUT2D eigenvalue weighted by Gasteiger charge is 2.68. The van der Waals surface area contributed by atoms with Crippen LogP contribution in [0, 0.1) is 11.8 Å². The monoisotopic (exact) mass is 577 g/mol. The first-order valence-electron chi connectivity index (χ1n) is 13.3. The van der Waals surface area contributed by atoms with E-state index in [1.165, 1.54) is 19.0 Å². The summed E-state index contributed by atoms with van der Waals surface area (Å²) in [5, 5.41) is 57.0. The molecule has 7 N–H and O–H groups in total. The van der Waals surface area contributed by atoms with Crippen molar-refractivity contribution in [2.45, 2.75) is 55.9 Å². The van der Waals surface area contributed by atoms with Crippen LogP contribution >= 0.6 is 0 Å². The number of phenolic OH excluding ortho intramolecular Hbond substituents is 1. The summed E-state index contributed by atoms with van der Waals surface area (Å²) in [6, 6.07) is 1.77. The van der Waals surface area contributed by atoms with Gasteiger partial charge in [0.2, 0.25) is 5.78 Å². The van der Waals surface area contributed by atoms with Crippen LogP contribution in [0.4, 0.5) is 8.78 Å². The van der Waals surface area contributed by atoms with Gasteiger partial charge in [-0.1, -0.05) is 19.1 Å². The molecule has 13 heteroatoms. The number of hydrogen-bond donors (Lipinski definition) is 6. The van der Waals surface area contributed by atoms with Crippen LogP contribution in [-0.4, -0.2) is 104 Å². The van der Waals surface area contributed by atoms with E-state index in [9.17, 15) is 48.7 Å². The lowest BCUT2D eigenvalue weighted by atomic mass is 9.54. The SMILES string of the molecule is C[C@H]1c2ccc(CN3CCC(F)(F)CC3)c(O)c2C(O)=C2C(=O)[C@]3(O)C(O)=C(C(N)=O)C(=O)[C@@H](N(C)C)[C@@H]3[C@@H](O)[C@@H]21. The fourth-order valence-electron chi connectivity index (χ4n) is 7.07. The largest absolute Gasteiger partial charge is 0.508 e. The van der Waals surface area contributed by atoms with E-state index in [-0.39, 0.29) is 38.0 Å². The van der Waals surface area contributed by atoms with Crippen LogP contribution < -0.4 is 5.73 Å². The van der Waals surface area contributed by atoms with Crippen molar-refractivity contribution in [1.29, 1.82) is 0 Å². The molecule has 1 heterocycles. The van der Waals surface area contributed by atoms with E-state index < -0.39 is 87.3 Å². The van der Waals surface area contributed by atoms with E-state index in [0.29, 0.717) is 11.1 Å². The quantitative estimate of drug-likeness (QED) is 0.279. The molecule has 222 valence electrons. The molecule has 2 fully saturated rings. The Labute approximate surface area is 234 Å². The number of ketones is 2. The van der Waals surface area contributed by atoms with Gasteiger partial charge in [0.25, 0.3) is 11.8 Å². The Morgan fingerprint density at radius 2 is 1.76 bits per heavy atom. The Balaban J connectivity index is 1.65. The smallest absolute Gasteiger partial charge is 0.255 e. The van der Waals surface area contributed by atoms with Crippen molar-refractivity contribution in [1.82, 2.24) is 9.80 Å². The number of nitrogens with zero attached hydrogens (tertiary/aromatic N) is 2. The molecule has 4 aliphatic rings. The predicted molar refractivity (Wildman–Crippen MR) is 140 cm³/mol. The summed E-state index contributed by atoms with van der Waals surface area (Å²) >= 11 is 0. The number of likely N-dealkylation sites (N-methyl/N-ethyl adjacent to an activating group) is 1. The zero-order chi connectivity index (χ0) is 30.3. The fourth-order valence-corrected chi connectivity index (χ4v) is 7.07. The molecular weight excluding hydrogens is 544 g/mol. The van der Waals surface area contributed by atoms with E-state index in [1.54, 1.807) is 24.0 Å². The number of phenols is 1. The van der Waals surface area contributed by atoms with Gasteiger partial charge in [0.1, 0.15) is 22.8 Å². The van der Waals surface area contributed by atoms with Gasteiger partial charge in [-0.25, -0.2) is 8.78 Å². The minimum atomic E-state index is -2.99. The fraction of sp³-hybridized carbons (Fsp3) is 0.536. The summed E-state index contributed by atoms with van der Waals surface area (Å²) in [5.74, 6) is -12.3.